The van der Waals surface area contributed by atoms with Crippen LogP contribution in [0.1, 0.15) is 30.2 Å². The van der Waals surface area contributed by atoms with E-state index in [2.05, 4.69) is 23.3 Å². The number of aryl methyl sites for hydroxylation is 2. The van der Waals surface area contributed by atoms with Crippen molar-refractivity contribution < 1.29 is 4.79 Å². The van der Waals surface area contributed by atoms with Crippen molar-refractivity contribution in [2.75, 3.05) is 0 Å². The van der Waals surface area contributed by atoms with Gasteiger partial charge >= 0.3 is 0 Å². The summed E-state index contributed by atoms with van der Waals surface area (Å²) in [6, 6.07) is 12.5. The van der Waals surface area contributed by atoms with Crippen LogP contribution in [0.3, 0.4) is 0 Å². The molecule has 0 aliphatic heterocycles. The van der Waals surface area contributed by atoms with Gasteiger partial charge in [-0.15, -0.1) is 0 Å². The number of nitriles is 1. The molecule has 2 aliphatic rings. The van der Waals surface area contributed by atoms with Crippen LogP contribution in [0.5, 0.6) is 0 Å². The number of carbonyl (C=O) groups is 1. The number of hydrogen-bond donors (Lipinski definition) is 0. The van der Waals surface area contributed by atoms with Crippen LogP contribution in [0, 0.1) is 23.2 Å². The van der Waals surface area contributed by atoms with Gasteiger partial charge in [0.15, 0.2) is 5.78 Å². The molecule has 1 heterocycles. The van der Waals surface area contributed by atoms with Crippen LogP contribution < -0.4 is 0 Å². The summed E-state index contributed by atoms with van der Waals surface area (Å²) >= 11 is 0. The van der Waals surface area contributed by atoms with E-state index in [1.54, 1.807) is 0 Å². The van der Waals surface area contributed by atoms with Gasteiger partial charge in [0.05, 0.1) is 17.5 Å². The molecule has 0 saturated heterocycles. The number of Topliss-reactive ketones (excluding diaryl/α,β-unsaturated/α-hetero) is 1. The number of allylic oxidation sites excluding steroid dienone is 2. The van der Waals surface area contributed by atoms with Gasteiger partial charge in [0.25, 0.3) is 0 Å². The van der Waals surface area contributed by atoms with Gasteiger partial charge in [0.2, 0.25) is 0 Å². The molecule has 0 saturated carbocycles. The van der Waals surface area contributed by atoms with Gasteiger partial charge < -0.3 is 0 Å². The van der Waals surface area contributed by atoms with Crippen LogP contribution in [0.4, 0.5) is 0 Å². The summed E-state index contributed by atoms with van der Waals surface area (Å²) in [5, 5.41) is 14.0. The summed E-state index contributed by atoms with van der Waals surface area (Å²) in [6.45, 7) is 1.98. The van der Waals surface area contributed by atoms with Crippen molar-refractivity contribution in [2.45, 2.75) is 31.6 Å². The molecule has 1 aromatic carbocycles. The van der Waals surface area contributed by atoms with Crippen molar-refractivity contribution in [1.29, 1.82) is 5.26 Å². The Labute approximate surface area is 147 Å². The first-order valence-electron chi connectivity index (χ1n) is 8.79. The smallest absolute Gasteiger partial charge is 0.176 e. The van der Waals surface area contributed by atoms with Crippen molar-refractivity contribution in [2.24, 2.45) is 18.9 Å². The highest BCUT2D eigenvalue weighted by molar-refractivity contribution is 6.02. The van der Waals surface area contributed by atoms with E-state index in [0.29, 0.717) is 5.57 Å². The molecule has 0 fully saturated rings. The van der Waals surface area contributed by atoms with Crippen LogP contribution in [0.15, 0.2) is 48.2 Å². The summed E-state index contributed by atoms with van der Waals surface area (Å²) in [6.07, 6.45) is 6.57. The molecule has 2 aromatic rings. The number of hydrogen-bond acceptors (Lipinski definition) is 3. The Morgan fingerprint density at radius 2 is 2.12 bits per heavy atom. The second kappa shape index (κ2) is 5.70. The highest BCUT2D eigenvalue weighted by Gasteiger charge is 2.52. The van der Waals surface area contributed by atoms with Gasteiger partial charge in [0, 0.05) is 18.4 Å². The number of carbonyl (C=O) groups excluding carboxylic acids is 1. The van der Waals surface area contributed by atoms with E-state index in [-0.39, 0.29) is 23.0 Å². The van der Waals surface area contributed by atoms with Crippen molar-refractivity contribution in [3.05, 3.63) is 65.0 Å². The molecule has 0 unspecified atom stereocenters. The fourth-order valence-electron chi connectivity index (χ4n) is 4.93. The quantitative estimate of drug-likeness (QED) is 0.849. The molecule has 0 bridgehead atoms. The number of ketones is 1. The first kappa shape index (κ1) is 15.8. The molecule has 1 aromatic heterocycles. The zero-order valence-corrected chi connectivity index (χ0v) is 14.6. The van der Waals surface area contributed by atoms with E-state index < -0.39 is 0 Å². The Kier molecular flexibility index (Phi) is 3.61. The summed E-state index contributed by atoms with van der Waals surface area (Å²) in [5.41, 5.74) is 3.58. The van der Waals surface area contributed by atoms with Crippen molar-refractivity contribution >= 4 is 5.78 Å². The van der Waals surface area contributed by atoms with Gasteiger partial charge in [-0.05, 0) is 36.3 Å². The number of nitrogens with zero attached hydrogens (tertiary/aromatic N) is 3. The Balaban J connectivity index is 1.98. The number of fused-ring (bicyclic) bond motifs is 3. The van der Waals surface area contributed by atoms with E-state index in [4.69, 9.17) is 0 Å². The third-order valence-electron chi connectivity index (χ3n) is 5.99. The Hall–Kier alpha value is -2.67. The molecule has 4 heteroatoms. The lowest BCUT2D eigenvalue weighted by Gasteiger charge is -2.47. The molecule has 4 rings (SSSR count). The minimum Gasteiger partial charge on any atom is -0.293 e. The van der Waals surface area contributed by atoms with Crippen LogP contribution in [-0.2, 0) is 30.1 Å². The SMILES string of the molecule is C[C@@H]1C(=O)C(C#N)=C[C@]2(Cc3ccccc3)c3c(cnn3C)CC[C@@H]12. The maximum atomic E-state index is 12.6. The summed E-state index contributed by atoms with van der Waals surface area (Å²) in [5.74, 6) is 0.0356. The van der Waals surface area contributed by atoms with E-state index >= 15 is 0 Å². The van der Waals surface area contributed by atoms with Crippen LogP contribution in [-0.4, -0.2) is 15.6 Å². The van der Waals surface area contributed by atoms with Gasteiger partial charge in [-0.1, -0.05) is 43.3 Å². The Bertz CT molecular complexity index is 903. The van der Waals surface area contributed by atoms with E-state index in [1.165, 1.54) is 16.8 Å². The van der Waals surface area contributed by atoms with Gasteiger partial charge in [0.1, 0.15) is 6.07 Å². The van der Waals surface area contributed by atoms with Gasteiger partial charge in [-0.3, -0.25) is 9.48 Å². The lowest BCUT2D eigenvalue weighted by molar-refractivity contribution is -0.121. The summed E-state index contributed by atoms with van der Waals surface area (Å²) in [7, 11) is 1.97. The van der Waals surface area contributed by atoms with Crippen molar-refractivity contribution in [1.82, 2.24) is 9.78 Å². The predicted octanol–water partition coefficient (Wildman–Crippen LogP) is 3.13. The average Bonchev–Trinajstić information content (AvgIpc) is 3.01. The molecular weight excluding hydrogens is 310 g/mol. The molecule has 126 valence electrons. The number of benzene rings is 1. The molecule has 0 spiro atoms. The molecular formula is C21H21N3O. The molecule has 0 N–H and O–H groups in total. The van der Waals surface area contributed by atoms with Crippen LogP contribution in [0.2, 0.25) is 0 Å². The largest absolute Gasteiger partial charge is 0.293 e. The minimum absolute atomic E-state index is 0.0122. The zero-order chi connectivity index (χ0) is 17.6. The topological polar surface area (TPSA) is 58.7 Å². The Morgan fingerprint density at radius 3 is 2.84 bits per heavy atom. The second-order valence-electron chi connectivity index (χ2n) is 7.31. The van der Waals surface area contributed by atoms with Crippen molar-refractivity contribution in [3.63, 3.8) is 0 Å². The lowest BCUT2D eigenvalue weighted by atomic mass is 9.55. The van der Waals surface area contributed by atoms with E-state index in [1.807, 2.05) is 49.1 Å². The van der Waals surface area contributed by atoms with Gasteiger partial charge in [-0.25, -0.2) is 0 Å². The lowest BCUT2D eigenvalue weighted by Crippen LogP contribution is -2.49. The minimum atomic E-state index is -0.349. The second-order valence-corrected chi connectivity index (χ2v) is 7.31. The first-order chi connectivity index (χ1) is 12.1. The first-order valence-corrected chi connectivity index (χ1v) is 8.79. The molecule has 0 radical (unpaired) electrons. The van der Waals surface area contributed by atoms with Crippen LogP contribution in [0.25, 0.3) is 0 Å². The van der Waals surface area contributed by atoms with E-state index in [0.717, 1.165) is 19.3 Å². The molecule has 0 amide bonds. The summed E-state index contributed by atoms with van der Waals surface area (Å²) in [4.78, 5) is 12.6. The molecule has 3 atom stereocenters. The standard InChI is InChI=1S/C21H21N3O/c1-14-18-9-8-16-13-23-24(2)20(16)21(18,11-17(12-22)19(14)25)10-15-6-4-3-5-7-15/h3-7,11,13-14,18H,8-10H2,1-2H3/t14-,18-,21-/m0/s1. The molecule has 25 heavy (non-hydrogen) atoms. The maximum absolute atomic E-state index is 12.6. The number of aromatic nitrogens is 2. The normalized spacial score (nSPS) is 27.9. The van der Waals surface area contributed by atoms with Crippen molar-refractivity contribution in [3.8, 4) is 6.07 Å². The maximum Gasteiger partial charge on any atom is 0.176 e. The number of rotatable bonds is 2. The summed E-state index contributed by atoms with van der Waals surface area (Å²) < 4.78 is 1.94. The third kappa shape index (κ3) is 2.26. The zero-order valence-electron chi connectivity index (χ0n) is 14.6. The average molecular weight is 331 g/mol. The monoisotopic (exact) mass is 331 g/mol. The highest BCUT2D eigenvalue weighted by atomic mass is 16.1. The fourth-order valence-corrected chi connectivity index (χ4v) is 4.93. The van der Waals surface area contributed by atoms with Gasteiger partial charge in [-0.2, -0.15) is 10.4 Å². The Morgan fingerprint density at radius 1 is 1.36 bits per heavy atom. The molecule has 4 nitrogen and oxygen atoms in total. The van der Waals surface area contributed by atoms with Crippen LogP contribution >= 0.6 is 0 Å². The van der Waals surface area contributed by atoms with E-state index in [9.17, 15) is 10.1 Å². The fraction of sp³-hybridized carbons (Fsp3) is 0.381. The predicted molar refractivity (Wildman–Crippen MR) is 94.7 cm³/mol. The third-order valence-corrected chi connectivity index (χ3v) is 5.99. The molecule has 2 aliphatic carbocycles. The highest BCUT2D eigenvalue weighted by Crippen LogP contribution is 2.51.